The number of hydrogen-bond donors (Lipinski definition) is 2. The van der Waals surface area contributed by atoms with E-state index in [-0.39, 0.29) is 29.7 Å². The fourth-order valence-corrected chi connectivity index (χ4v) is 3.72. The number of likely N-dealkylation sites (tertiary alicyclic amines) is 1. The van der Waals surface area contributed by atoms with E-state index in [0.29, 0.717) is 11.2 Å². The van der Waals surface area contributed by atoms with E-state index in [1.165, 1.54) is 25.7 Å². The summed E-state index contributed by atoms with van der Waals surface area (Å²) in [4.78, 5) is 6.81. The number of ether oxygens (including phenoxy) is 1. The third-order valence-corrected chi connectivity index (χ3v) is 5.33. The molecule has 3 rings (SSSR count). The number of phenols is 1. The Bertz CT molecular complexity index is 588. The van der Waals surface area contributed by atoms with E-state index in [0.717, 1.165) is 37.6 Å². The van der Waals surface area contributed by atoms with Crippen molar-refractivity contribution < 1.29 is 9.84 Å². The van der Waals surface area contributed by atoms with Crippen molar-refractivity contribution in [1.82, 2.24) is 10.2 Å². The first-order chi connectivity index (χ1) is 11.2. The highest BCUT2D eigenvalue weighted by molar-refractivity contribution is 14.0. The molecular formula is C18H28IN3O2. The molecule has 1 aromatic carbocycles. The Morgan fingerprint density at radius 3 is 2.71 bits per heavy atom. The van der Waals surface area contributed by atoms with E-state index in [9.17, 15) is 5.11 Å². The van der Waals surface area contributed by atoms with Crippen molar-refractivity contribution in [3.05, 3.63) is 23.8 Å². The molecule has 1 saturated heterocycles. The van der Waals surface area contributed by atoms with E-state index >= 15 is 0 Å². The summed E-state index contributed by atoms with van der Waals surface area (Å²) in [6.07, 6.45) is 6.19. The van der Waals surface area contributed by atoms with Gasteiger partial charge in [0, 0.05) is 32.7 Å². The second-order valence-electron chi connectivity index (χ2n) is 6.74. The lowest BCUT2D eigenvalue weighted by Crippen LogP contribution is -2.43. The highest BCUT2D eigenvalue weighted by atomic mass is 127. The lowest BCUT2D eigenvalue weighted by atomic mass is 9.68. The molecule has 0 aromatic heterocycles. The van der Waals surface area contributed by atoms with Crippen molar-refractivity contribution >= 4 is 29.9 Å². The van der Waals surface area contributed by atoms with Crippen molar-refractivity contribution in [2.75, 3.05) is 33.8 Å². The average Bonchev–Trinajstić information content (AvgIpc) is 2.98. The normalized spacial score (nSPS) is 18.9. The molecular weight excluding hydrogens is 417 g/mol. The largest absolute Gasteiger partial charge is 0.508 e. The molecule has 6 heteroatoms. The zero-order valence-electron chi connectivity index (χ0n) is 14.5. The molecule has 134 valence electrons. The lowest BCUT2D eigenvalue weighted by Gasteiger charge is -2.38. The third kappa shape index (κ3) is 4.07. The van der Waals surface area contributed by atoms with Crippen molar-refractivity contribution in [3.8, 4) is 11.5 Å². The Balaban J connectivity index is 0.00000208. The highest BCUT2D eigenvalue weighted by Gasteiger charge is 2.43. The Hall–Kier alpha value is -1.18. The number of methoxy groups -OCH3 is 1. The van der Waals surface area contributed by atoms with Crippen LogP contribution < -0.4 is 10.1 Å². The molecule has 1 aromatic rings. The van der Waals surface area contributed by atoms with Crippen LogP contribution in [-0.4, -0.2) is 49.8 Å². The van der Waals surface area contributed by atoms with Crippen molar-refractivity contribution in [2.24, 2.45) is 10.4 Å². The van der Waals surface area contributed by atoms with Gasteiger partial charge in [-0.15, -0.1) is 24.0 Å². The molecule has 2 fully saturated rings. The quantitative estimate of drug-likeness (QED) is 0.425. The molecule has 0 amide bonds. The van der Waals surface area contributed by atoms with Crippen LogP contribution in [-0.2, 0) is 6.42 Å². The lowest BCUT2D eigenvalue weighted by molar-refractivity contribution is 0.151. The van der Waals surface area contributed by atoms with E-state index < -0.39 is 0 Å². The van der Waals surface area contributed by atoms with E-state index in [4.69, 9.17) is 4.74 Å². The summed E-state index contributed by atoms with van der Waals surface area (Å²) in [6, 6.07) is 5.45. The minimum Gasteiger partial charge on any atom is -0.508 e. The molecule has 1 aliphatic carbocycles. The minimum absolute atomic E-state index is 0. The van der Waals surface area contributed by atoms with Crippen molar-refractivity contribution in [2.45, 2.75) is 32.1 Å². The van der Waals surface area contributed by atoms with E-state index in [2.05, 4.69) is 15.2 Å². The van der Waals surface area contributed by atoms with Crippen LogP contribution in [0.4, 0.5) is 0 Å². The molecule has 5 nitrogen and oxygen atoms in total. The monoisotopic (exact) mass is 445 g/mol. The van der Waals surface area contributed by atoms with E-state index in [1.54, 1.807) is 13.2 Å². The minimum atomic E-state index is 0. The number of aromatic hydroxyl groups is 1. The molecule has 1 spiro atoms. The van der Waals surface area contributed by atoms with Gasteiger partial charge in [0.1, 0.15) is 11.5 Å². The van der Waals surface area contributed by atoms with Gasteiger partial charge >= 0.3 is 0 Å². The van der Waals surface area contributed by atoms with Gasteiger partial charge in [-0.25, -0.2) is 0 Å². The Morgan fingerprint density at radius 2 is 2.17 bits per heavy atom. The molecule has 2 N–H and O–H groups in total. The summed E-state index contributed by atoms with van der Waals surface area (Å²) in [5.74, 6) is 1.95. The Labute approximate surface area is 161 Å². The van der Waals surface area contributed by atoms with Gasteiger partial charge in [-0.05, 0) is 42.7 Å². The summed E-state index contributed by atoms with van der Waals surface area (Å²) < 4.78 is 5.11. The van der Waals surface area contributed by atoms with Gasteiger partial charge in [0.05, 0.1) is 7.11 Å². The molecule has 1 saturated carbocycles. The maximum atomic E-state index is 10.0. The van der Waals surface area contributed by atoms with Gasteiger partial charge in [-0.1, -0.05) is 12.5 Å². The van der Waals surface area contributed by atoms with Gasteiger partial charge < -0.3 is 20.1 Å². The number of phenolic OH excluding ortho intramolecular Hbond substituents is 1. The van der Waals surface area contributed by atoms with Crippen LogP contribution in [0.2, 0.25) is 0 Å². The summed E-state index contributed by atoms with van der Waals surface area (Å²) in [7, 11) is 3.45. The third-order valence-electron chi connectivity index (χ3n) is 5.33. The van der Waals surface area contributed by atoms with Crippen LogP contribution in [0.5, 0.6) is 11.5 Å². The van der Waals surface area contributed by atoms with Crippen LogP contribution in [0.15, 0.2) is 23.2 Å². The summed E-state index contributed by atoms with van der Waals surface area (Å²) in [5.41, 5.74) is 1.50. The predicted molar refractivity (Wildman–Crippen MR) is 108 cm³/mol. The Kier molecular flexibility index (Phi) is 6.60. The molecule has 1 heterocycles. The molecule has 0 atom stereocenters. The van der Waals surface area contributed by atoms with Crippen LogP contribution in [0.3, 0.4) is 0 Å². The topological polar surface area (TPSA) is 57.1 Å². The first-order valence-corrected chi connectivity index (χ1v) is 8.47. The van der Waals surface area contributed by atoms with Gasteiger partial charge in [-0.2, -0.15) is 0 Å². The number of nitrogens with zero attached hydrogens (tertiary/aromatic N) is 2. The number of rotatable bonds is 4. The fourth-order valence-electron chi connectivity index (χ4n) is 3.72. The first kappa shape index (κ1) is 19.1. The van der Waals surface area contributed by atoms with Gasteiger partial charge in [0.2, 0.25) is 0 Å². The number of guanidine groups is 1. The van der Waals surface area contributed by atoms with Crippen molar-refractivity contribution in [1.29, 1.82) is 0 Å². The van der Waals surface area contributed by atoms with Crippen molar-refractivity contribution in [3.63, 3.8) is 0 Å². The van der Waals surface area contributed by atoms with E-state index in [1.807, 2.05) is 19.2 Å². The van der Waals surface area contributed by atoms with Gasteiger partial charge in [-0.3, -0.25) is 4.99 Å². The number of halogens is 1. The second-order valence-corrected chi connectivity index (χ2v) is 6.74. The molecule has 0 unspecified atom stereocenters. The van der Waals surface area contributed by atoms with Crippen LogP contribution in [0, 0.1) is 5.41 Å². The van der Waals surface area contributed by atoms with Crippen LogP contribution >= 0.6 is 24.0 Å². The first-order valence-electron chi connectivity index (χ1n) is 8.47. The van der Waals surface area contributed by atoms with Gasteiger partial charge in [0.25, 0.3) is 0 Å². The smallest absolute Gasteiger partial charge is 0.193 e. The molecule has 24 heavy (non-hydrogen) atoms. The standard InChI is InChI=1S/C18H27N3O2.HI/c1-19-17(21-11-9-18(13-21)7-3-8-18)20-10-6-14-4-5-15(23-2)12-16(14)22;/h4-5,12,22H,3,6-11,13H2,1-2H3,(H,19,20);1H. The zero-order valence-corrected chi connectivity index (χ0v) is 16.9. The van der Waals surface area contributed by atoms with Crippen LogP contribution in [0.25, 0.3) is 0 Å². The Morgan fingerprint density at radius 1 is 1.38 bits per heavy atom. The number of aliphatic imine (C=N–C) groups is 1. The summed E-state index contributed by atoms with van der Waals surface area (Å²) in [5, 5.41) is 13.5. The number of benzene rings is 1. The highest BCUT2D eigenvalue weighted by Crippen LogP contribution is 2.47. The predicted octanol–water partition coefficient (Wildman–Crippen LogP) is 3.01. The second kappa shape index (κ2) is 8.27. The number of nitrogens with one attached hydrogen (secondary N) is 1. The SMILES string of the molecule is CN=C(NCCc1ccc(OC)cc1O)N1CCC2(CCC2)C1.I. The summed E-state index contributed by atoms with van der Waals surface area (Å²) >= 11 is 0. The maximum Gasteiger partial charge on any atom is 0.193 e. The van der Waals surface area contributed by atoms with Gasteiger partial charge in [0.15, 0.2) is 5.96 Å². The maximum absolute atomic E-state index is 10.0. The average molecular weight is 445 g/mol. The molecule has 2 aliphatic rings. The fraction of sp³-hybridized carbons (Fsp3) is 0.611. The zero-order chi connectivity index (χ0) is 16.3. The molecule has 1 aliphatic heterocycles. The summed E-state index contributed by atoms with van der Waals surface area (Å²) in [6.45, 7) is 3.00. The molecule has 0 bridgehead atoms. The molecule has 0 radical (unpaired) electrons. The van der Waals surface area contributed by atoms with Crippen LogP contribution in [0.1, 0.15) is 31.2 Å². The number of hydrogen-bond acceptors (Lipinski definition) is 3.